The number of ether oxygens (including phenoxy) is 1. The van der Waals surface area contributed by atoms with Crippen molar-refractivity contribution in [1.82, 2.24) is 15.1 Å². The molecule has 0 aromatic carbocycles. The topological polar surface area (TPSA) is 39.1 Å². The lowest BCUT2D eigenvalue weighted by atomic mass is 9.77. The molecule has 1 aromatic heterocycles. The minimum absolute atomic E-state index is 0.608. The van der Waals surface area contributed by atoms with E-state index in [0.29, 0.717) is 12.5 Å². The molecule has 0 spiro atoms. The van der Waals surface area contributed by atoms with Crippen molar-refractivity contribution in [3.05, 3.63) is 16.4 Å². The molecule has 0 amide bonds. The second kappa shape index (κ2) is 8.91. The normalized spacial score (nSPS) is 22.6. The fraction of sp³-hybridized carbons (Fsp3) is 0.812. The Labute approximate surface area is 136 Å². The highest BCUT2D eigenvalue weighted by Crippen LogP contribution is 2.40. The summed E-state index contributed by atoms with van der Waals surface area (Å²) in [5.41, 5.74) is 1.37. The molecule has 0 aliphatic heterocycles. The Hall–Kier alpha value is -0.390. The summed E-state index contributed by atoms with van der Waals surface area (Å²) in [6.45, 7) is 6.02. The molecule has 1 saturated carbocycles. The predicted molar refractivity (Wildman–Crippen MR) is 89.7 cm³/mol. The van der Waals surface area contributed by atoms with Crippen molar-refractivity contribution >= 4 is 15.9 Å². The van der Waals surface area contributed by atoms with Gasteiger partial charge in [0.2, 0.25) is 0 Å². The second-order valence-corrected chi connectivity index (χ2v) is 6.80. The van der Waals surface area contributed by atoms with E-state index in [9.17, 15) is 0 Å². The Balaban J connectivity index is 2.10. The molecule has 1 heterocycles. The van der Waals surface area contributed by atoms with E-state index < -0.39 is 0 Å². The molecule has 1 aromatic rings. The molecule has 120 valence electrons. The van der Waals surface area contributed by atoms with Gasteiger partial charge in [0, 0.05) is 13.0 Å². The second-order valence-electron chi connectivity index (χ2n) is 5.95. The molecule has 2 unspecified atom stereocenters. The summed E-state index contributed by atoms with van der Waals surface area (Å²) < 4.78 is 8.51. The van der Waals surface area contributed by atoms with Gasteiger partial charge in [-0.05, 0) is 54.2 Å². The summed E-state index contributed by atoms with van der Waals surface area (Å²) in [6, 6.07) is 0. The van der Waals surface area contributed by atoms with Crippen LogP contribution in [-0.2, 0) is 11.3 Å². The SMILES string of the molecule is CCCNCC1CCCCC1c1c(Br)cnn1CCOC. The number of aromatic nitrogens is 2. The van der Waals surface area contributed by atoms with Crippen LogP contribution in [0, 0.1) is 5.92 Å². The van der Waals surface area contributed by atoms with E-state index in [1.807, 2.05) is 6.20 Å². The predicted octanol–water partition coefficient (Wildman–Crippen LogP) is 3.57. The summed E-state index contributed by atoms with van der Waals surface area (Å²) in [6.07, 6.45) is 8.43. The summed E-state index contributed by atoms with van der Waals surface area (Å²) in [4.78, 5) is 0. The van der Waals surface area contributed by atoms with Gasteiger partial charge in [-0.2, -0.15) is 5.10 Å². The first-order valence-electron chi connectivity index (χ1n) is 8.18. The lowest BCUT2D eigenvalue weighted by Crippen LogP contribution is -2.31. The molecule has 0 bridgehead atoms. The Morgan fingerprint density at radius 3 is 3.00 bits per heavy atom. The number of methoxy groups -OCH3 is 1. The summed E-state index contributed by atoms with van der Waals surface area (Å²) in [5.74, 6) is 1.33. The van der Waals surface area contributed by atoms with Gasteiger partial charge in [0.25, 0.3) is 0 Å². The zero-order valence-corrected chi connectivity index (χ0v) is 14.9. The summed E-state index contributed by atoms with van der Waals surface area (Å²) in [7, 11) is 1.75. The highest BCUT2D eigenvalue weighted by Gasteiger charge is 2.30. The van der Waals surface area contributed by atoms with Crippen LogP contribution in [0.25, 0.3) is 0 Å². The van der Waals surface area contributed by atoms with E-state index >= 15 is 0 Å². The number of nitrogens with one attached hydrogen (secondary N) is 1. The van der Waals surface area contributed by atoms with Crippen molar-refractivity contribution in [3.8, 4) is 0 Å². The third-order valence-corrected chi connectivity index (χ3v) is 5.05. The first kappa shape index (κ1) is 17.0. The van der Waals surface area contributed by atoms with Crippen molar-refractivity contribution in [1.29, 1.82) is 0 Å². The van der Waals surface area contributed by atoms with Crippen molar-refractivity contribution in [2.75, 3.05) is 26.8 Å². The Morgan fingerprint density at radius 2 is 2.24 bits per heavy atom. The van der Waals surface area contributed by atoms with Crippen LogP contribution in [0.15, 0.2) is 10.7 Å². The van der Waals surface area contributed by atoms with Crippen LogP contribution in [0.2, 0.25) is 0 Å². The number of halogens is 1. The van der Waals surface area contributed by atoms with Gasteiger partial charge in [-0.25, -0.2) is 0 Å². The van der Waals surface area contributed by atoms with Crippen molar-refractivity contribution in [2.24, 2.45) is 5.92 Å². The average Bonchev–Trinajstić information content (AvgIpc) is 2.87. The molecular formula is C16H28BrN3O. The molecule has 2 rings (SSSR count). The average molecular weight is 358 g/mol. The van der Waals surface area contributed by atoms with Crippen LogP contribution >= 0.6 is 15.9 Å². The van der Waals surface area contributed by atoms with Gasteiger partial charge in [-0.1, -0.05) is 19.8 Å². The molecule has 5 heteroatoms. The molecule has 1 aliphatic carbocycles. The van der Waals surface area contributed by atoms with Crippen LogP contribution < -0.4 is 5.32 Å². The van der Waals surface area contributed by atoms with E-state index in [1.54, 1.807) is 7.11 Å². The first-order valence-corrected chi connectivity index (χ1v) is 8.98. The summed E-state index contributed by atoms with van der Waals surface area (Å²) in [5, 5.41) is 8.14. The minimum Gasteiger partial charge on any atom is -0.383 e. The Morgan fingerprint density at radius 1 is 1.43 bits per heavy atom. The molecule has 0 radical (unpaired) electrons. The Kier molecular flexibility index (Phi) is 7.20. The van der Waals surface area contributed by atoms with Crippen molar-refractivity contribution in [3.63, 3.8) is 0 Å². The van der Waals surface area contributed by atoms with Crippen LogP contribution in [0.1, 0.15) is 50.6 Å². The largest absolute Gasteiger partial charge is 0.383 e. The monoisotopic (exact) mass is 357 g/mol. The van der Waals surface area contributed by atoms with Crippen LogP contribution in [0.3, 0.4) is 0 Å². The summed E-state index contributed by atoms with van der Waals surface area (Å²) >= 11 is 3.71. The molecule has 4 nitrogen and oxygen atoms in total. The van der Waals surface area contributed by atoms with Crippen LogP contribution in [0.5, 0.6) is 0 Å². The van der Waals surface area contributed by atoms with Crippen LogP contribution in [-0.4, -0.2) is 36.6 Å². The number of hydrogen-bond donors (Lipinski definition) is 1. The van der Waals surface area contributed by atoms with E-state index in [0.717, 1.165) is 30.0 Å². The molecule has 1 fully saturated rings. The first-order chi connectivity index (χ1) is 10.3. The quantitative estimate of drug-likeness (QED) is 0.722. The fourth-order valence-electron chi connectivity index (χ4n) is 3.37. The zero-order chi connectivity index (χ0) is 15.1. The highest BCUT2D eigenvalue weighted by molar-refractivity contribution is 9.10. The molecule has 21 heavy (non-hydrogen) atoms. The van der Waals surface area contributed by atoms with Gasteiger partial charge in [-0.15, -0.1) is 0 Å². The minimum atomic E-state index is 0.608. The Bertz CT molecular complexity index is 422. The van der Waals surface area contributed by atoms with Gasteiger partial charge >= 0.3 is 0 Å². The van der Waals surface area contributed by atoms with Gasteiger partial charge in [-0.3, -0.25) is 4.68 Å². The third kappa shape index (κ3) is 4.54. The molecule has 0 saturated heterocycles. The van der Waals surface area contributed by atoms with Crippen molar-refractivity contribution in [2.45, 2.75) is 51.5 Å². The van der Waals surface area contributed by atoms with Gasteiger partial charge in [0.1, 0.15) is 0 Å². The molecule has 1 N–H and O–H groups in total. The fourth-order valence-corrected chi connectivity index (χ4v) is 3.96. The van der Waals surface area contributed by atoms with Gasteiger partial charge in [0.15, 0.2) is 0 Å². The lowest BCUT2D eigenvalue weighted by molar-refractivity contribution is 0.179. The van der Waals surface area contributed by atoms with E-state index in [2.05, 4.69) is 38.0 Å². The van der Waals surface area contributed by atoms with Gasteiger partial charge < -0.3 is 10.1 Å². The third-order valence-electron chi connectivity index (χ3n) is 4.43. The maximum Gasteiger partial charge on any atom is 0.0658 e. The smallest absolute Gasteiger partial charge is 0.0658 e. The molecule has 1 aliphatic rings. The zero-order valence-electron chi connectivity index (χ0n) is 13.3. The van der Waals surface area contributed by atoms with Crippen molar-refractivity contribution < 1.29 is 4.74 Å². The highest BCUT2D eigenvalue weighted by atomic mass is 79.9. The molecule has 2 atom stereocenters. The lowest BCUT2D eigenvalue weighted by Gasteiger charge is -2.32. The maximum absolute atomic E-state index is 5.22. The number of rotatable bonds is 8. The number of hydrogen-bond acceptors (Lipinski definition) is 3. The number of nitrogens with zero attached hydrogens (tertiary/aromatic N) is 2. The standard InChI is InChI=1S/C16H28BrN3O/c1-3-8-18-11-13-6-4-5-7-14(13)16-15(17)12-19-20(16)9-10-21-2/h12-14,18H,3-11H2,1-2H3. The van der Waals surface area contributed by atoms with Gasteiger partial charge in [0.05, 0.1) is 29.5 Å². The van der Waals surface area contributed by atoms with Crippen LogP contribution in [0.4, 0.5) is 0 Å². The van der Waals surface area contributed by atoms with E-state index in [-0.39, 0.29) is 0 Å². The van der Waals surface area contributed by atoms with E-state index in [4.69, 9.17) is 4.74 Å². The van der Waals surface area contributed by atoms with E-state index in [1.165, 1.54) is 37.8 Å². The molecular weight excluding hydrogens is 330 g/mol. The maximum atomic E-state index is 5.22.